The molecule has 2 heterocycles. The number of hydrogen-bond donors (Lipinski definition) is 1. The zero-order chi connectivity index (χ0) is 11.7. The van der Waals surface area contributed by atoms with E-state index in [0.717, 1.165) is 25.3 Å². The van der Waals surface area contributed by atoms with Crippen LogP contribution in [0, 0.1) is 0 Å². The van der Waals surface area contributed by atoms with E-state index in [1.165, 1.54) is 29.8 Å². The first-order valence-electron chi connectivity index (χ1n) is 6.39. The number of rotatable bonds is 3. The molecule has 1 aromatic rings. The van der Waals surface area contributed by atoms with Crippen molar-refractivity contribution in [2.75, 3.05) is 24.2 Å². The van der Waals surface area contributed by atoms with Gasteiger partial charge in [-0.3, -0.25) is 0 Å². The topological polar surface area (TPSA) is 21.3 Å². The van der Waals surface area contributed by atoms with Crippen LogP contribution in [0.5, 0.6) is 5.75 Å². The fourth-order valence-corrected chi connectivity index (χ4v) is 3.82. The summed E-state index contributed by atoms with van der Waals surface area (Å²) in [5.74, 6) is 2.32. The zero-order valence-electron chi connectivity index (χ0n) is 10.3. The summed E-state index contributed by atoms with van der Waals surface area (Å²) >= 11 is 2.05. The Bertz CT molecular complexity index is 413. The van der Waals surface area contributed by atoms with Gasteiger partial charge < -0.3 is 10.1 Å². The summed E-state index contributed by atoms with van der Waals surface area (Å²) in [6.07, 6.45) is 3.73. The van der Waals surface area contributed by atoms with Gasteiger partial charge in [-0.25, -0.2) is 0 Å². The third kappa shape index (κ3) is 2.25. The van der Waals surface area contributed by atoms with Crippen LogP contribution in [-0.2, 0) is 6.42 Å². The van der Waals surface area contributed by atoms with E-state index in [-0.39, 0.29) is 0 Å². The van der Waals surface area contributed by atoms with E-state index in [4.69, 9.17) is 4.74 Å². The highest BCUT2D eigenvalue weighted by molar-refractivity contribution is 8.00. The second-order valence-corrected chi connectivity index (χ2v) is 6.84. The van der Waals surface area contributed by atoms with Gasteiger partial charge in [0.15, 0.2) is 0 Å². The van der Waals surface area contributed by atoms with Crippen molar-refractivity contribution in [3.8, 4) is 5.75 Å². The van der Waals surface area contributed by atoms with Gasteiger partial charge >= 0.3 is 0 Å². The van der Waals surface area contributed by atoms with Gasteiger partial charge in [-0.1, -0.05) is 12.1 Å². The Hall–Kier alpha value is -0.830. The Morgan fingerprint density at radius 1 is 1.47 bits per heavy atom. The summed E-state index contributed by atoms with van der Waals surface area (Å²) in [6, 6.07) is 6.37. The lowest BCUT2D eigenvalue weighted by Crippen LogP contribution is -2.25. The number of para-hydroxylation sites is 1. The molecule has 1 aromatic carbocycles. The minimum absolute atomic E-state index is 0.321. The predicted molar refractivity (Wildman–Crippen MR) is 74.2 cm³/mol. The molecule has 17 heavy (non-hydrogen) atoms. The minimum Gasteiger partial charge on any atom is -0.490 e. The molecule has 0 aliphatic carbocycles. The summed E-state index contributed by atoms with van der Waals surface area (Å²) in [6.45, 7) is 4.19. The molecule has 1 fully saturated rings. The lowest BCUT2D eigenvalue weighted by molar-refractivity contribution is 0.277. The Morgan fingerprint density at radius 3 is 3.24 bits per heavy atom. The number of benzene rings is 1. The van der Waals surface area contributed by atoms with Crippen molar-refractivity contribution in [3.05, 3.63) is 23.8 Å². The molecule has 1 N–H and O–H groups in total. The molecule has 2 aliphatic rings. The molecule has 0 aromatic heterocycles. The molecular weight excluding hydrogens is 230 g/mol. The van der Waals surface area contributed by atoms with Gasteiger partial charge in [0.25, 0.3) is 0 Å². The van der Waals surface area contributed by atoms with Crippen LogP contribution in [0.25, 0.3) is 0 Å². The maximum atomic E-state index is 6.05. The Balaban J connectivity index is 1.71. The predicted octanol–water partition coefficient (Wildman–Crippen LogP) is 3.32. The maximum Gasteiger partial charge on any atom is 0.142 e. The third-order valence-electron chi connectivity index (χ3n) is 3.64. The van der Waals surface area contributed by atoms with Crippen LogP contribution >= 0.6 is 11.8 Å². The SMILES string of the molecule is CC1(COc2cccc3c2NCC3)CCCS1. The summed E-state index contributed by atoms with van der Waals surface area (Å²) < 4.78 is 6.37. The molecule has 1 atom stereocenters. The van der Waals surface area contributed by atoms with Crippen LogP contribution < -0.4 is 10.1 Å². The number of anilines is 1. The highest BCUT2D eigenvalue weighted by Crippen LogP contribution is 2.39. The first kappa shape index (κ1) is 11.3. The molecule has 1 unspecified atom stereocenters. The van der Waals surface area contributed by atoms with Gasteiger partial charge in [0.05, 0.1) is 5.69 Å². The number of thioether (sulfide) groups is 1. The normalized spacial score (nSPS) is 26.6. The molecule has 0 radical (unpaired) electrons. The van der Waals surface area contributed by atoms with Crippen LogP contribution in [-0.4, -0.2) is 23.7 Å². The van der Waals surface area contributed by atoms with Gasteiger partial charge in [-0.2, -0.15) is 11.8 Å². The Labute approximate surface area is 107 Å². The van der Waals surface area contributed by atoms with Crippen molar-refractivity contribution in [1.29, 1.82) is 0 Å². The highest BCUT2D eigenvalue weighted by Gasteiger charge is 2.30. The van der Waals surface area contributed by atoms with Crippen molar-refractivity contribution in [2.24, 2.45) is 0 Å². The summed E-state index contributed by atoms with van der Waals surface area (Å²) in [5.41, 5.74) is 2.62. The molecular formula is C14H19NOS. The Kier molecular flexibility index (Phi) is 2.95. The molecule has 0 bridgehead atoms. The molecule has 0 spiro atoms. The smallest absolute Gasteiger partial charge is 0.142 e. The molecule has 3 heteroatoms. The van der Waals surface area contributed by atoms with Gasteiger partial charge in [-0.15, -0.1) is 0 Å². The van der Waals surface area contributed by atoms with E-state index in [1.807, 2.05) is 0 Å². The number of hydrogen-bond acceptors (Lipinski definition) is 3. The fourth-order valence-electron chi connectivity index (χ4n) is 2.61. The van der Waals surface area contributed by atoms with E-state index in [2.05, 4.69) is 42.2 Å². The lowest BCUT2D eigenvalue weighted by atomic mass is 10.1. The minimum atomic E-state index is 0.321. The Morgan fingerprint density at radius 2 is 2.41 bits per heavy atom. The van der Waals surface area contributed by atoms with Crippen molar-refractivity contribution in [3.63, 3.8) is 0 Å². The average Bonchev–Trinajstić information content (AvgIpc) is 2.95. The van der Waals surface area contributed by atoms with Gasteiger partial charge in [0.1, 0.15) is 12.4 Å². The monoisotopic (exact) mass is 249 g/mol. The second kappa shape index (κ2) is 4.45. The lowest BCUT2D eigenvalue weighted by Gasteiger charge is -2.23. The molecule has 2 nitrogen and oxygen atoms in total. The average molecular weight is 249 g/mol. The highest BCUT2D eigenvalue weighted by atomic mass is 32.2. The van der Waals surface area contributed by atoms with E-state index in [9.17, 15) is 0 Å². The summed E-state index contributed by atoms with van der Waals surface area (Å²) in [4.78, 5) is 0. The first-order valence-corrected chi connectivity index (χ1v) is 7.38. The van der Waals surface area contributed by atoms with E-state index >= 15 is 0 Å². The van der Waals surface area contributed by atoms with E-state index < -0.39 is 0 Å². The molecule has 92 valence electrons. The van der Waals surface area contributed by atoms with E-state index in [1.54, 1.807) is 0 Å². The van der Waals surface area contributed by atoms with Gasteiger partial charge in [0, 0.05) is 11.3 Å². The van der Waals surface area contributed by atoms with Crippen LogP contribution in [0.1, 0.15) is 25.3 Å². The summed E-state index contributed by atoms with van der Waals surface area (Å²) in [5, 5.41) is 3.42. The third-order valence-corrected chi connectivity index (χ3v) is 5.15. The number of fused-ring (bicyclic) bond motifs is 1. The van der Waals surface area contributed by atoms with Crippen LogP contribution in [0.2, 0.25) is 0 Å². The molecule has 2 aliphatic heterocycles. The first-order chi connectivity index (χ1) is 8.27. The molecule has 3 rings (SSSR count). The zero-order valence-corrected chi connectivity index (χ0v) is 11.1. The van der Waals surface area contributed by atoms with Gasteiger partial charge in [0.2, 0.25) is 0 Å². The van der Waals surface area contributed by atoms with Gasteiger partial charge in [-0.05, 0) is 43.6 Å². The quantitative estimate of drug-likeness (QED) is 0.888. The van der Waals surface area contributed by atoms with Crippen LogP contribution in [0.15, 0.2) is 18.2 Å². The maximum absolute atomic E-state index is 6.05. The van der Waals surface area contributed by atoms with E-state index in [0.29, 0.717) is 4.75 Å². The number of ether oxygens (including phenoxy) is 1. The van der Waals surface area contributed by atoms with Crippen LogP contribution in [0.4, 0.5) is 5.69 Å². The second-order valence-electron chi connectivity index (χ2n) is 5.16. The van der Waals surface area contributed by atoms with Crippen LogP contribution in [0.3, 0.4) is 0 Å². The molecule has 0 saturated carbocycles. The van der Waals surface area contributed by atoms with Crippen molar-refractivity contribution >= 4 is 17.4 Å². The molecule has 1 saturated heterocycles. The standard InChI is InChI=1S/C14H19NOS/c1-14(7-3-9-17-14)10-16-12-5-2-4-11-6-8-15-13(11)12/h2,4-5,15H,3,6-10H2,1H3. The van der Waals surface area contributed by atoms with Crippen molar-refractivity contribution < 1.29 is 4.74 Å². The summed E-state index contributed by atoms with van der Waals surface area (Å²) in [7, 11) is 0. The largest absolute Gasteiger partial charge is 0.490 e. The van der Waals surface area contributed by atoms with Crippen molar-refractivity contribution in [1.82, 2.24) is 0 Å². The number of nitrogens with one attached hydrogen (secondary N) is 1. The molecule has 0 amide bonds. The van der Waals surface area contributed by atoms with Crippen molar-refractivity contribution in [2.45, 2.75) is 30.9 Å². The fraction of sp³-hybridized carbons (Fsp3) is 0.571.